The van der Waals surface area contributed by atoms with Crippen molar-refractivity contribution in [1.29, 1.82) is 0 Å². The van der Waals surface area contributed by atoms with Crippen LogP contribution in [-0.4, -0.2) is 42.5 Å². The predicted octanol–water partition coefficient (Wildman–Crippen LogP) is 4.03. The molecule has 2 atom stereocenters. The number of nitrogens with zero attached hydrogens (tertiary/aromatic N) is 2. The first-order valence-corrected chi connectivity index (χ1v) is 12.3. The van der Waals surface area contributed by atoms with E-state index < -0.39 is 15.4 Å². The van der Waals surface area contributed by atoms with E-state index in [2.05, 4.69) is 55.4 Å². The van der Waals surface area contributed by atoms with E-state index in [1.807, 2.05) is 0 Å². The second-order valence-electron chi connectivity index (χ2n) is 10.0. The zero-order valence-corrected chi connectivity index (χ0v) is 18.1. The summed E-state index contributed by atoms with van der Waals surface area (Å²) in [6, 6.07) is 8.45. The molecule has 1 saturated heterocycles. The number of sulfonamides is 1. The van der Waals surface area contributed by atoms with Gasteiger partial charge in [-0.25, -0.2) is 12.7 Å². The van der Waals surface area contributed by atoms with Crippen LogP contribution in [0.4, 0.5) is 0 Å². The third-order valence-electron chi connectivity index (χ3n) is 8.80. The van der Waals surface area contributed by atoms with E-state index in [1.54, 1.807) is 4.31 Å². The van der Waals surface area contributed by atoms with Crippen molar-refractivity contribution in [3.05, 3.63) is 41.5 Å². The van der Waals surface area contributed by atoms with Crippen LogP contribution in [0.5, 0.6) is 0 Å². The van der Waals surface area contributed by atoms with Gasteiger partial charge in [0.2, 0.25) is 10.0 Å². The number of rotatable bonds is 3. The summed E-state index contributed by atoms with van der Waals surface area (Å²) in [6.45, 7) is 5.41. The Morgan fingerprint density at radius 1 is 1.17 bits per heavy atom. The number of piperidine rings is 1. The first-order valence-electron chi connectivity index (χ1n) is 10.7. The van der Waals surface area contributed by atoms with E-state index in [-0.39, 0.29) is 16.6 Å². The Morgan fingerprint density at radius 2 is 1.90 bits per heavy atom. The Hall–Kier alpha value is -1.66. The molecule has 6 heteroatoms. The standard InChI is InChI=1S/C23H30N2O3S/c1-21(2)18-8-10-23(21,20(15-18)24-26)16-29(27,28)25-13-11-22(12-14-25)9-7-17-5-3-4-6-19(17)22/h3-7,9,18,26H,8,10-16H2,1-2H3/b24-20-/t18-,23-/m1/s1. The van der Waals surface area contributed by atoms with Crippen molar-refractivity contribution in [2.45, 2.75) is 51.4 Å². The molecule has 2 saturated carbocycles. The highest BCUT2D eigenvalue weighted by Crippen LogP contribution is 2.64. The molecule has 29 heavy (non-hydrogen) atoms. The van der Waals surface area contributed by atoms with E-state index in [1.165, 1.54) is 11.1 Å². The maximum Gasteiger partial charge on any atom is 0.215 e. The molecule has 1 spiro atoms. The second-order valence-corrected chi connectivity index (χ2v) is 12.0. The fraction of sp³-hybridized carbons (Fsp3) is 0.609. The summed E-state index contributed by atoms with van der Waals surface area (Å²) < 4.78 is 28.7. The van der Waals surface area contributed by atoms with Crippen LogP contribution in [0, 0.1) is 16.7 Å². The largest absolute Gasteiger partial charge is 0.411 e. The quantitative estimate of drug-likeness (QED) is 0.600. The van der Waals surface area contributed by atoms with Crippen LogP contribution in [0.2, 0.25) is 0 Å². The minimum absolute atomic E-state index is 0.0241. The van der Waals surface area contributed by atoms with Gasteiger partial charge in [-0.1, -0.05) is 55.4 Å². The van der Waals surface area contributed by atoms with Gasteiger partial charge in [0, 0.05) is 23.9 Å². The van der Waals surface area contributed by atoms with Crippen molar-refractivity contribution in [3.63, 3.8) is 0 Å². The second kappa shape index (κ2) is 6.17. The Balaban J connectivity index is 1.37. The highest BCUT2D eigenvalue weighted by molar-refractivity contribution is 7.89. The van der Waals surface area contributed by atoms with E-state index in [0.29, 0.717) is 24.7 Å². The van der Waals surface area contributed by atoms with Gasteiger partial charge in [0.1, 0.15) is 0 Å². The zero-order chi connectivity index (χ0) is 20.5. The number of hydrogen-bond donors (Lipinski definition) is 1. The molecule has 5 rings (SSSR count). The first kappa shape index (κ1) is 19.3. The van der Waals surface area contributed by atoms with Gasteiger partial charge < -0.3 is 5.21 Å². The van der Waals surface area contributed by atoms with Crippen molar-refractivity contribution in [2.75, 3.05) is 18.8 Å². The lowest BCUT2D eigenvalue weighted by atomic mass is 9.70. The van der Waals surface area contributed by atoms with E-state index in [9.17, 15) is 13.6 Å². The van der Waals surface area contributed by atoms with Crippen LogP contribution >= 0.6 is 0 Å². The number of hydrogen-bond acceptors (Lipinski definition) is 4. The molecule has 3 aliphatic carbocycles. The number of fused-ring (bicyclic) bond motifs is 4. The molecule has 5 nitrogen and oxygen atoms in total. The van der Waals surface area contributed by atoms with Crippen LogP contribution in [0.1, 0.15) is 57.1 Å². The van der Waals surface area contributed by atoms with Gasteiger partial charge in [0.25, 0.3) is 0 Å². The predicted molar refractivity (Wildman–Crippen MR) is 115 cm³/mol. The van der Waals surface area contributed by atoms with Gasteiger partial charge >= 0.3 is 0 Å². The lowest BCUT2D eigenvalue weighted by molar-refractivity contribution is 0.188. The minimum atomic E-state index is -3.43. The maximum atomic E-state index is 13.5. The van der Waals surface area contributed by atoms with E-state index in [0.717, 1.165) is 32.1 Å². The van der Waals surface area contributed by atoms with Gasteiger partial charge in [0.15, 0.2) is 0 Å². The number of benzene rings is 1. The van der Waals surface area contributed by atoms with Crippen LogP contribution in [0.3, 0.4) is 0 Å². The smallest absolute Gasteiger partial charge is 0.215 e. The summed E-state index contributed by atoms with van der Waals surface area (Å²) in [5.74, 6) is 0.482. The third kappa shape index (κ3) is 2.54. The molecule has 0 aromatic heterocycles. The SMILES string of the molecule is CC1(C)[C@@H]2CC[C@@]1(CS(=O)(=O)N1CCC3(C=Cc4ccccc43)CC1)/C(=N\O)C2. The van der Waals surface area contributed by atoms with Crippen LogP contribution < -0.4 is 0 Å². The molecule has 3 fully saturated rings. The molecule has 0 unspecified atom stereocenters. The highest BCUT2D eigenvalue weighted by Gasteiger charge is 2.64. The molecule has 0 amide bonds. The van der Waals surface area contributed by atoms with Gasteiger partial charge in [0.05, 0.1) is 11.5 Å². The first-order chi connectivity index (χ1) is 13.7. The molecular weight excluding hydrogens is 384 g/mol. The van der Waals surface area contributed by atoms with Crippen LogP contribution in [0.25, 0.3) is 6.08 Å². The van der Waals surface area contributed by atoms with Crippen molar-refractivity contribution in [1.82, 2.24) is 4.31 Å². The summed E-state index contributed by atoms with van der Waals surface area (Å²) in [5, 5.41) is 13.2. The summed E-state index contributed by atoms with van der Waals surface area (Å²) >= 11 is 0. The topological polar surface area (TPSA) is 70.0 Å². The molecule has 156 valence electrons. The summed E-state index contributed by atoms with van der Waals surface area (Å²) in [7, 11) is -3.43. The molecule has 1 aliphatic heterocycles. The van der Waals surface area contributed by atoms with Crippen molar-refractivity contribution < 1.29 is 13.6 Å². The zero-order valence-electron chi connectivity index (χ0n) is 17.3. The monoisotopic (exact) mass is 414 g/mol. The number of allylic oxidation sites excluding steroid dienone is 1. The normalized spacial score (nSPS) is 33.6. The number of oxime groups is 1. The van der Waals surface area contributed by atoms with Crippen LogP contribution in [-0.2, 0) is 15.4 Å². The molecule has 1 aromatic rings. The molecular formula is C23H30N2O3S. The maximum absolute atomic E-state index is 13.5. The van der Waals surface area contributed by atoms with Crippen molar-refractivity contribution >= 4 is 21.8 Å². The lowest BCUT2D eigenvalue weighted by Crippen LogP contribution is -2.50. The molecule has 1 N–H and O–H groups in total. The average Bonchev–Trinajstić information content (AvgIpc) is 3.24. The van der Waals surface area contributed by atoms with Gasteiger partial charge in [-0.2, -0.15) is 0 Å². The van der Waals surface area contributed by atoms with Crippen molar-refractivity contribution in [3.8, 4) is 0 Å². The highest BCUT2D eigenvalue weighted by atomic mass is 32.2. The van der Waals surface area contributed by atoms with E-state index >= 15 is 0 Å². The van der Waals surface area contributed by atoms with Gasteiger partial charge in [-0.15, -0.1) is 0 Å². The fourth-order valence-corrected chi connectivity index (χ4v) is 8.94. The Kier molecular flexibility index (Phi) is 4.11. The third-order valence-corrected chi connectivity index (χ3v) is 10.8. The Labute approximate surface area is 173 Å². The molecule has 0 radical (unpaired) electrons. The average molecular weight is 415 g/mol. The van der Waals surface area contributed by atoms with Crippen molar-refractivity contribution in [2.24, 2.45) is 21.9 Å². The fourth-order valence-electron chi connectivity index (χ4n) is 6.71. The summed E-state index contributed by atoms with van der Waals surface area (Å²) in [4.78, 5) is 0. The lowest BCUT2D eigenvalue weighted by Gasteiger charge is -2.42. The van der Waals surface area contributed by atoms with Gasteiger partial charge in [-0.05, 0) is 54.6 Å². The van der Waals surface area contributed by atoms with Gasteiger partial charge in [-0.3, -0.25) is 0 Å². The summed E-state index contributed by atoms with van der Waals surface area (Å²) in [5.41, 5.74) is 2.59. The molecule has 4 aliphatic rings. The summed E-state index contributed by atoms with van der Waals surface area (Å²) in [6.07, 6.45) is 8.65. The van der Waals surface area contributed by atoms with E-state index in [4.69, 9.17) is 0 Å². The Bertz CT molecular complexity index is 1000. The van der Waals surface area contributed by atoms with Crippen LogP contribution in [0.15, 0.2) is 35.5 Å². The molecule has 1 heterocycles. The Morgan fingerprint density at radius 3 is 2.59 bits per heavy atom. The minimum Gasteiger partial charge on any atom is -0.411 e. The molecule has 1 aromatic carbocycles. The molecule has 2 bridgehead atoms.